The second-order valence-electron chi connectivity index (χ2n) is 7.32. The maximum atomic E-state index is 13.3. The maximum absolute atomic E-state index is 13.3. The number of nitriles is 1. The van der Waals surface area contributed by atoms with Crippen molar-refractivity contribution in [3.8, 4) is 23.5 Å². The van der Waals surface area contributed by atoms with Crippen LogP contribution in [0.1, 0.15) is 42.5 Å². The van der Waals surface area contributed by atoms with Gasteiger partial charge in [0.15, 0.2) is 0 Å². The first-order valence-corrected chi connectivity index (χ1v) is 8.19. The lowest BCUT2D eigenvalue weighted by molar-refractivity contribution is -0.137. The van der Waals surface area contributed by atoms with E-state index in [-0.39, 0.29) is 11.3 Å². The van der Waals surface area contributed by atoms with E-state index in [2.05, 4.69) is 0 Å². The molecule has 0 radical (unpaired) electrons. The van der Waals surface area contributed by atoms with Crippen LogP contribution >= 0.6 is 0 Å². The second-order valence-corrected chi connectivity index (χ2v) is 7.32. The summed E-state index contributed by atoms with van der Waals surface area (Å²) < 4.78 is 46.7. The molecule has 0 saturated carbocycles. The minimum Gasteiger partial charge on any atom is -0.494 e. The number of alkyl halides is 3. The Labute approximate surface area is 152 Å². The highest BCUT2D eigenvalue weighted by molar-refractivity contribution is 5.62. The average Bonchev–Trinajstić information content (AvgIpc) is 3.07. The second kappa shape index (κ2) is 4.97. The third-order valence-corrected chi connectivity index (χ3v) is 5.59. The molecule has 2 bridgehead atoms. The first-order chi connectivity index (χ1) is 12.4. The molecule has 0 spiro atoms. The zero-order valence-corrected chi connectivity index (χ0v) is 14.4. The molecule has 2 aliphatic rings. The lowest BCUT2D eigenvalue weighted by Gasteiger charge is -2.26. The van der Waals surface area contributed by atoms with Gasteiger partial charge in [-0.2, -0.15) is 18.4 Å². The van der Waals surface area contributed by atoms with Crippen LogP contribution in [0.2, 0.25) is 0 Å². The smallest absolute Gasteiger partial charge is 0.417 e. The minimum atomic E-state index is -4.76. The number of halogens is 3. The van der Waals surface area contributed by atoms with E-state index in [1.807, 2.05) is 0 Å². The van der Waals surface area contributed by atoms with Crippen molar-refractivity contribution >= 4 is 0 Å². The number of nitrogens with zero attached hydrogens (tertiary/aromatic N) is 2. The summed E-state index contributed by atoms with van der Waals surface area (Å²) in [4.78, 5) is 0. The SMILES string of the molecule is C[C@@]12O[C@@](C)(C[C@@H]1N)c1c2c(O)n(-c2ccc(C#N)c(C(F)(F)F)c2)c1O. The molecule has 27 heavy (non-hydrogen) atoms. The van der Waals surface area contributed by atoms with Crippen LogP contribution in [0, 0.1) is 11.3 Å². The molecule has 2 aliphatic heterocycles. The van der Waals surface area contributed by atoms with Gasteiger partial charge in [0.05, 0.1) is 39.6 Å². The summed E-state index contributed by atoms with van der Waals surface area (Å²) in [6, 6.07) is 4.02. The van der Waals surface area contributed by atoms with Crippen molar-refractivity contribution in [3.05, 3.63) is 40.5 Å². The third-order valence-electron chi connectivity index (χ3n) is 5.59. The van der Waals surface area contributed by atoms with Crippen molar-refractivity contribution in [2.75, 3.05) is 0 Å². The standard InChI is InChI=1S/C18H16F3N3O3/c1-16-6-11(23)17(2,27-16)13-12(16)14(25)24(15(13)26)9-4-3-8(7-22)10(5-9)18(19,20)21/h3-5,11,25-26H,6,23H2,1-2H3/t11-,16-,17+/m0/s1. The predicted octanol–water partition coefficient (Wildman–Crippen LogP) is 2.97. The average molecular weight is 379 g/mol. The van der Waals surface area contributed by atoms with Crippen molar-refractivity contribution in [1.29, 1.82) is 5.26 Å². The molecule has 0 amide bonds. The molecule has 9 heteroatoms. The molecule has 0 unspecified atom stereocenters. The normalized spacial score (nSPS) is 29.0. The summed E-state index contributed by atoms with van der Waals surface area (Å²) in [5, 5.41) is 30.4. The van der Waals surface area contributed by atoms with Gasteiger partial charge in [-0.1, -0.05) is 0 Å². The molecule has 3 heterocycles. The van der Waals surface area contributed by atoms with Crippen LogP contribution in [0.15, 0.2) is 18.2 Å². The molecule has 4 N–H and O–H groups in total. The highest BCUT2D eigenvalue weighted by Gasteiger charge is 2.63. The van der Waals surface area contributed by atoms with Crippen molar-refractivity contribution < 1.29 is 28.1 Å². The number of hydrogen-bond donors (Lipinski definition) is 3. The zero-order valence-electron chi connectivity index (χ0n) is 14.4. The first kappa shape index (κ1) is 17.7. The van der Waals surface area contributed by atoms with E-state index in [0.29, 0.717) is 12.0 Å². The Hall–Kier alpha value is -2.70. The van der Waals surface area contributed by atoms with E-state index >= 15 is 0 Å². The van der Waals surface area contributed by atoms with Gasteiger partial charge in [-0.05, 0) is 38.5 Å². The monoisotopic (exact) mass is 379 g/mol. The van der Waals surface area contributed by atoms with E-state index in [0.717, 1.165) is 16.7 Å². The van der Waals surface area contributed by atoms with Gasteiger partial charge in [0.1, 0.15) is 5.60 Å². The molecular weight excluding hydrogens is 363 g/mol. The van der Waals surface area contributed by atoms with Crippen LogP contribution in [0.5, 0.6) is 11.8 Å². The number of benzene rings is 1. The fourth-order valence-electron chi connectivity index (χ4n) is 4.36. The lowest BCUT2D eigenvalue weighted by atomic mass is 9.77. The molecule has 1 aromatic heterocycles. The Morgan fingerprint density at radius 2 is 1.89 bits per heavy atom. The molecule has 142 valence electrons. The van der Waals surface area contributed by atoms with Gasteiger partial charge in [-0.25, -0.2) is 0 Å². The number of aromatic hydroxyl groups is 2. The molecule has 1 fully saturated rings. The zero-order chi connectivity index (χ0) is 19.9. The van der Waals surface area contributed by atoms with E-state index in [4.69, 9.17) is 15.7 Å². The van der Waals surface area contributed by atoms with Crippen LogP contribution in [0.3, 0.4) is 0 Å². The van der Waals surface area contributed by atoms with Crippen molar-refractivity contribution in [1.82, 2.24) is 4.57 Å². The largest absolute Gasteiger partial charge is 0.494 e. The topological polar surface area (TPSA) is 104 Å². The summed E-state index contributed by atoms with van der Waals surface area (Å²) >= 11 is 0. The van der Waals surface area contributed by atoms with Crippen LogP contribution in [-0.2, 0) is 22.1 Å². The van der Waals surface area contributed by atoms with Gasteiger partial charge in [-0.15, -0.1) is 0 Å². The van der Waals surface area contributed by atoms with Gasteiger partial charge in [0.25, 0.3) is 0 Å². The molecule has 2 aromatic rings. The van der Waals surface area contributed by atoms with Crippen LogP contribution in [0.4, 0.5) is 13.2 Å². The Morgan fingerprint density at radius 1 is 1.26 bits per heavy atom. The summed E-state index contributed by atoms with van der Waals surface area (Å²) in [6.45, 7) is 3.39. The van der Waals surface area contributed by atoms with Crippen molar-refractivity contribution in [2.45, 2.75) is 43.7 Å². The molecule has 1 saturated heterocycles. The highest BCUT2D eigenvalue weighted by Crippen LogP contribution is 2.63. The number of aromatic nitrogens is 1. The minimum absolute atomic E-state index is 0.120. The molecule has 0 aliphatic carbocycles. The van der Waals surface area contributed by atoms with Crippen LogP contribution in [-0.4, -0.2) is 20.8 Å². The summed E-state index contributed by atoms with van der Waals surface area (Å²) in [6.07, 6.45) is -4.36. The highest BCUT2D eigenvalue weighted by atomic mass is 19.4. The van der Waals surface area contributed by atoms with E-state index in [1.54, 1.807) is 13.8 Å². The van der Waals surface area contributed by atoms with Gasteiger partial charge < -0.3 is 20.7 Å². The number of hydrogen-bond acceptors (Lipinski definition) is 5. The van der Waals surface area contributed by atoms with Crippen LogP contribution < -0.4 is 5.73 Å². The molecule has 1 aromatic carbocycles. The molecule has 4 rings (SSSR count). The molecule has 6 nitrogen and oxygen atoms in total. The predicted molar refractivity (Wildman–Crippen MR) is 87.2 cm³/mol. The Kier molecular flexibility index (Phi) is 3.26. The van der Waals surface area contributed by atoms with E-state index in [9.17, 15) is 23.4 Å². The van der Waals surface area contributed by atoms with Crippen molar-refractivity contribution in [2.24, 2.45) is 5.73 Å². The summed E-state index contributed by atoms with van der Waals surface area (Å²) in [5.74, 6) is -0.833. The van der Waals surface area contributed by atoms with E-state index in [1.165, 1.54) is 12.1 Å². The van der Waals surface area contributed by atoms with Gasteiger partial charge >= 0.3 is 6.18 Å². The number of rotatable bonds is 1. The van der Waals surface area contributed by atoms with Gasteiger partial charge in [0, 0.05) is 6.04 Å². The number of fused-ring (bicyclic) bond motifs is 5. The first-order valence-electron chi connectivity index (χ1n) is 8.19. The quantitative estimate of drug-likeness (QED) is 0.707. The summed E-state index contributed by atoms with van der Waals surface area (Å²) in [5.41, 5.74) is 2.90. The Morgan fingerprint density at radius 3 is 2.48 bits per heavy atom. The molecular formula is C18H16F3N3O3. The van der Waals surface area contributed by atoms with Gasteiger partial charge in [0.2, 0.25) is 11.8 Å². The molecule has 3 atom stereocenters. The Balaban J connectivity index is 1.98. The van der Waals surface area contributed by atoms with Crippen LogP contribution in [0.25, 0.3) is 5.69 Å². The lowest BCUT2D eigenvalue weighted by Crippen LogP contribution is -2.40. The maximum Gasteiger partial charge on any atom is 0.417 e. The summed E-state index contributed by atoms with van der Waals surface area (Å²) in [7, 11) is 0. The van der Waals surface area contributed by atoms with Gasteiger partial charge in [-0.3, -0.25) is 4.57 Å². The number of nitrogens with two attached hydrogens (primary N) is 1. The Bertz CT molecular complexity index is 1020. The number of ether oxygens (including phenoxy) is 1. The van der Waals surface area contributed by atoms with E-state index < -0.39 is 46.3 Å². The third kappa shape index (κ3) is 2.08. The van der Waals surface area contributed by atoms with Crippen molar-refractivity contribution in [3.63, 3.8) is 0 Å². The fourth-order valence-corrected chi connectivity index (χ4v) is 4.36. The fraction of sp³-hybridized carbons (Fsp3) is 0.389.